The highest BCUT2D eigenvalue weighted by Gasteiger charge is 2.06. The lowest BCUT2D eigenvalue weighted by atomic mass is 10.1. The predicted octanol–water partition coefficient (Wildman–Crippen LogP) is 3.70. The van der Waals surface area contributed by atoms with Gasteiger partial charge in [-0.3, -0.25) is 10.1 Å². The zero-order chi connectivity index (χ0) is 16.9. The van der Waals surface area contributed by atoms with Gasteiger partial charge in [-0.25, -0.2) is 9.89 Å². The summed E-state index contributed by atoms with van der Waals surface area (Å²) >= 11 is 5.83. The first-order valence-electron chi connectivity index (χ1n) is 7.01. The number of carbonyl (C=O) groups is 1. The summed E-state index contributed by atoms with van der Waals surface area (Å²) in [5.41, 5.74) is 1.73. The Balaban J connectivity index is 1.66. The minimum absolute atomic E-state index is 0.263. The summed E-state index contributed by atoms with van der Waals surface area (Å²) in [6, 6.07) is 16.6. The third-order valence-corrected chi connectivity index (χ3v) is 3.35. The van der Waals surface area contributed by atoms with Gasteiger partial charge in [0.2, 0.25) is 0 Å². The Labute approximate surface area is 142 Å². The number of nitrogens with zero attached hydrogens (tertiary/aromatic N) is 1. The molecule has 6 nitrogen and oxygen atoms in total. The number of ether oxygens (including phenoxy) is 1. The number of benzene rings is 2. The van der Waals surface area contributed by atoms with Crippen LogP contribution >= 0.6 is 11.6 Å². The first kappa shape index (κ1) is 15.8. The monoisotopic (exact) mass is 341 g/mol. The molecule has 1 aromatic heterocycles. The lowest BCUT2D eigenvalue weighted by Gasteiger charge is -2.07. The molecule has 24 heavy (non-hydrogen) atoms. The molecule has 0 aliphatic carbocycles. The van der Waals surface area contributed by atoms with Crippen LogP contribution in [0.3, 0.4) is 0 Å². The van der Waals surface area contributed by atoms with Crippen LogP contribution in [0, 0.1) is 0 Å². The van der Waals surface area contributed by atoms with E-state index in [4.69, 9.17) is 16.3 Å². The van der Waals surface area contributed by atoms with Gasteiger partial charge in [0.1, 0.15) is 5.75 Å². The molecule has 0 radical (unpaired) electrons. The molecular weight excluding hydrogens is 330 g/mol. The number of hydrogen-bond acceptors (Lipinski definition) is 4. The fourth-order valence-electron chi connectivity index (χ4n) is 2.01. The molecule has 2 aromatic carbocycles. The van der Waals surface area contributed by atoms with Crippen molar-refractivity contribution in [2.45, 2.75) is 0 Å². The first-order chi connectivity index (χ1) is 11.6. The number of aromatic amines is 1. The maximum atomic E-state index is 11.9. The average Bonchev–Trinajstić information content (AvgIpc) is 2.56. The third kappa shape index (κ3) is 3.99. The van der Waals surface area contributed by atoms with Crippen molar-refractivity contribution in [2.75, 3.05) is 5.32 Å². The Hall–Kier alpha value is -3.12. The van der Waals surface area contributed by atoms with Gasteiger partial charge in [0.05, 0.1) is 5.69 Å². The molecular formula is C17H12ClN3O3. The van der Waals surface area contributed by atoms with Gasteiger partial charge in [0.25, 0.3) is 5.56 Å². The van der Waals surface area contributed by atoms with Crippen LogP contribution in [-0.4, -0.2) is 16.3 Å². The summed E-state index contributed by atoms with van der Waals surface area (Å²) in [6.07, 6.45) is -0.618. The van der Waals surface area contributed by atoms with Crippen LogP contribution in [0.5, 0.6) is 5.75 Å². The molecule has 0 aliphatic rings. The summed E-state index contributed by atoms with van der Waals surface area (Å²) in [7, 11) is 0. The van der Waals surface area contributed by atoms with E-state index in [-0.39, 0.29) is 5.56 Å². The Kier molecular flexibility index (Phi) is 4.58. The lowest BCUT2D eigenvalue weighted by Crippen LogP contribution is -2.16. The smallest absolute Gasteiger partial charge is 0.410 e. The topological polar surface area (TPSA) is 84.1 Å². The SMILES string of the molecule is O=C(Nc1ccc(-c2ccc(=O)[nH]n2)cc1)Oc1cccc(Cl)c1. The fraction of sp³-hybridized carbons (Fsp3) is 0. The average molecular weight is 342 g/mol. The molecule has 7 heteroatoms. The van der Waals surface area contributed by atoms with Crippen LogP contribution in [0.1, 0.15) is 0 Å². The number of aromatic nitrogens is 2. The van der Waals surface area contributed by atoms with Crippen molar-refractivity contribution in [1.82, 2.24) is 10.2 Å². The molecule has 0 saturated carbocycles. The molecule has 0 atom stereocenters. The van der Waals surface area contributed by atoms with Crippen LogP contribution in [-0.2, 0) is 0 Å². The van der Waals surface area contributed by atoms with Crippen molar-refractivity contribution in [3.05, 3.63) is 76.0 Å². The Morgan fingerprint density at radius 2 is 1.88 bits per heavy atom. The van der Waals surface area contributed by atoms with Crippen LogP contribution in [0.25, 0.3) is 11.3 Å². The standard InChI is InChI=1S/C17H12ClN3O3/c18-12-2-1-3-14(10-12)24-17(23)19-13-6-4-11(5-7-13)15-8-9-16(22)21-20-15/h1-10H,(H,19,23)(H,21,22). The predicted molar refractivity (Wildman–Crippen MR) is 91.4 cm³/mol. The van der Waals surface area contributed by atoms with Crippen LogP contribution in [0.4, 0.5) is 10.5 Å². The fourth-order valence-corrected chi connectivity index (χ4v) is 2.19. The van der Waals surface area contributed by atoms with E-state index in [2.05, 4.69) is 15.5 Å². The van der Waals surface area contributed by atoms with Crippen molar-refractivity contribution in [3.8, 4) is 17.0 Å². The van der Waals surface area contributed by atoms with Gasteiger partial charge in [-0.1, -0.05) is 29.8 Å². The molecule has 3 rings (SSSR count). The Bertz CT molecular complexity index is 902. The van der Waals surface area contributed by atoms with Gasteiger partial charge in [0.15, 0.2) is 0 Å². The maximum absolute atomic E-state index is 11.9. The lowest BCUT2D eigenvalue weighted by molar-refractivity contribution is 0.215. The van der Waals surface area contributed by atoms with Crippen LogP contribution < -0.4 is 15.6 Å². The van der Waals surface area contributed by atoms with Gasteiger partial charge in [0, 0.05) is 22.3 Å². The van der Waals surface area contributed by atoms with Crippen LogP contribution in [0.15, 0.2) is 65.5 Å². The Morgan fingerprint density at radius 3 is 2.54 bits per heavy atom. The van der Waals surface area contributed by atoms with E-state index in [0.717, 1.165) is 5.56 Å². The summed E-state index contributed by atoms with van der Waals surface area (Å²) in [5, 5.41) is 9.41. The number of amides is 1. The van der Waals surface area contributed by atoms with Crippen molar-refractivity contribution in [1.29, 1.82) is 0 Å². The zero-order valence-electron chi connectivity index (χ0n) is 12.3. The third-order valence-electron chi connectivity index (χ3n) is 3.11. The van der Waals surface area contributed by atoms with Crippen LogP contribution in [0.2, 0.25) is 5.02 Å². The molecule has 0 unspecified atom stereocenters. The number of hydrogen-bond donors (Lipinski definition) is 2. The summed E-state index contributed by atoms with van der Waals surface area (Å²) in [4.78, 5) is 22.9. The second-order valence-electron chi connectivity index (χ2n) is 4.86. The highest BCUT2D eigenvalue weighted by Crippen LogP contribution is 2.20. The molecule has 3 aromatic rings. The number of anilines is 1. The highest BCUT2D eigenvalue weighted by molar-refractivity contribution is 6.30. The molecule has 0 spiro atoms. The van der Waals surface area contributed by atoms with E-state index in [1.807, 2.05) is 0 Å². The minimum atomic E-state index is -0.618. The van der Waals surface area contributed by atoms with E-state index in [1.54, 1.807) is 54.6 Å². The van der Waals surface area contributed by atoms with E-state index in [1.165, 1.54) is 6.07 Å². The van der Waals surface area contributed by atoms with Crippen molar-refractivity contribution < 1.29 is 9.53 Å². The second kappa shape index (κ2) is 6.97. The summed E-state index contributed by atoms with van der Waals surface area (Å²) < 4.78 is 5.14. The van der Waals surface area contributed by atoms with E-state index in [0.29, 0.717) is 22.2 Å². The highest BCUT2D eigenvalue weighted by atomic mass is 35.5. The van der Waals surface area contributed by atoms with Gasteiger partial charge in [-0.2, -0.15) is 5.10 Å². The maximum Gasteiger partial charge on any atom is 0.417 e. The molecule has 0 aliphatic heterocycles. The van der Waals surface area contributed by atoms with E-state index in [9.17, 15) is 9.59 Å². The van der Waals surface area contributed by atoms with Crippen molar-refractivity contribution in [2.24, 2.45) is 0 Å². The normalized spacial score (nSPS) is 10.2. The van der Waals surface area contributed by atoms with Gasteiger partial charge in [-0.15, -0.1) is 0 Å². The van der Waals surface area contributed by atoms with E-state index < -0.39 is 6.09 Å². The van der Waals surface area contributed by atoms with Gasteiger partial charge >= 0.3 is 6.09 Å². The first-order valence-corrected chi connectivity index (χ1v) is 7.38. The zero-order valence-corrected chi connectivity index (χ0v) is 13.1. The summed E-state index contributed by atoms with van der Waals surface area (Å²) in [5.74, 6) is 0.356. The molecule has 2 N–H and O–H groups in total. The molecule has 0 fully saturated rings. The molecule has 1 heterocycles. The minimum Gasteiger partial charge on any atom is -0.410 e. The molecule has 120 valence electrons. The molecule has 0 saturated heterocycles. The van der Waals surface area contributed by atoms with Gasteiger partial charge < -0.3 is 4.74 Å². The van der Waals surface area contributed by atoms with Crippen molar-refractivity contribution in [3.63, 3.8) is 0 Å². The van der Waals surface area contributed by atoms with Gasteiger partial charge in [-0.05, 0) is 36.4 Å². The number of halogens is 1. The molecule has 1 amide bonds. The Morgan fingerprint density at radius 1 is 1.08 bits per heavy atom. The second-order valence-corrected chi connectivity index (χ2v) is 5.29. The number of rotatable bonds is 3. The summed E-state index contributed by atoms with van der Waals surface area (Å²) in [6.45, 7) is 0. The van der Waals surface area contributed by atoms with E-state index >= 15 is 0 Å². The largest absolute Gasteiger partial charge is 0.417 e. The van der Waals surface area contributed by atoms with Crippen molar-refractivity contribution >= 4 is 23.4 Å². The number of H-pyrrole nitrogens is 1. The number of carbonyl (C=O) groups excluding carboxylic acids is 1. The number of nitrogens with one attached hydrogen (secondary N) is 2. The quantitative estimate of drug-likeness (QED) is 0.760. The molecule has 0 bridgehead atoms.